The van der Waals surface area contributed by atoms with Gasteiger partial charge in [0.2, 0.25) is 0 Å². The van der Waals surface area contributed by atoms with E-state index in [2.05, 4.69) is 10.3 Å². The first kappa shape index (κ1) is 14.5. The maximum absolute atomic E-state index is 12.4. The number of halogens is 1. The van der Waals surface area contributed by atoms with Crippen LogP contribution in [-0.4, -0.2) is 16.9 Å². The second-order valence-electron chi connectivity index (χ2n) is 5.40. The smallest absolute Gasteiger partial charge is 0.263 e. The van der Waals surface area contributed by atoms with E-state index in [1.807, 2.05) is 31.2 Å². The molecule has 1 aromatic heterocycles. The van der Waals surface area contributed by atoms with Crippen molar-refractivity contribution in [2.24, 2.45) is 0 Å². The second kappa shape index (κ2) is 6.16. The summed E-state index contributed by atoms with van der Waals surface area (Å²) in [4.78, 5) is 17.6. The quantitative estimate of drug-likeness (QED) is 0.908. The second-order valence-corrected chi connectivity index (χ2v) is 6.83. The Balaban J connectivity index is 1.80. The summed E-state index contributed by atoms with van der Waals surface area (Å²) >= 11 is 7.34. The largest absolute Gasteiger partial charge is 0.349 e. The number of aryl methyl sites for hydroxylation is 1. The van der Waals surface area contributed by atoms with E-state index in [0.717, 1.165) is 29.1 Å². The van der Waals surface area contributed by atoms with Gasteiger partial charge in [-0.3, -0.25) is 4.79 Å². The van der Waals surface area contributed by atoms with Crippen LogP contribution >= 0.6 is 22.9 Å². The Morgan fingerprint density at radius 1 is 1.29 bits per heavy atom. The first-order valence-corrected chi connectivity index (χ1v) is 8.37. The molecular formula is C16H17ClN2OS. The molecule has 1 N–H and O–H groups in total. The number of carbonyl (C=O) groups excluding carboxylic acids is 1. The van der Waals surface area contributed by atoms with Crippen LogP contribution in [0.3, 0.4) is 0 Å². The number of hydrogen-bond donors (Lipinski definition) is 1. The molecule has 110 valence electrons. The van der Waals surface area contributed by atoms with Gasteiger partial charge in [0.05, 0.1) is 5.69 Å². The van der Waals surface area contributed by atoms with Crippen molar-refractivity contribution in [2.45, 2.75) is 38.6 Å². The fourth-order valence-corrected chi connectivity index (χ4v) is 3.74. The van der Waals surface area contributed by atoms with E-state index in [4.69, 9.17) is 11.6 Å². The molecule has 21 heavy (non-hydrogen) atoms. The Kier molecular flexibility index (Phi) is 4.27. The lowest BCUT2D eigenvalue weighted by Gasteiger charge is -2.10. The molecule has 1 aliphatic carbocycles. The third-order valence-corrected chi connectivity index (χ3v) is 5.24. The van der Waals surface area contributed by atoms with Gasteiger partial charge in [0.15, 0.2) is 0 Å². The van der Waals surface area contributed by atoms with Crippen LogP contribution in [0.5, 0.6) is 0 Å². The van der Waals surface area contributed by atoms with Gasteiger partial charge in [-0.15, -0.1) is 11.3 Å². The minimum atomic E-state index is 0.0112. The molecule has 0 aliphatic heterocycles. The van der Waals surface area contributed by atoms with Crippen molar-refractivity contribution < 1.29 is 4.79 Å². The molecule has 2 aromatic rings. The van der Waals surface area contributed by atoms with E-state index in [1.54, 1.807) is 0 Å². The van der Waals surface area contributed by atoms with E-state index in [1.165, 1.54) is 24.2 Å². The summed E-state index contributed by atoms with van der Waals surface area (Å²) in [6.45, 7) is 1.89. The zero-order chi connectivity index (χ0) is 14.8. The van der Waals surface area contributed by atoms with Crippen LogP contribution in [0.25, 0.3) is 10.6 Å². The summed E-state index contributed by atoms with van der Waals surface area (Å²) < 4.78 is 0. The third-order valence-electron chi connectivity index (χ3n) is 3.78. The van der Waals surface area contributed by atoms with Gasteiger partial charge in [0.1, 0.15) is 9.88 Å². The highest BCUT2D eigenvalue weighted by molar-refractivity contribution is 7.17. The molecule has 1 fully saturated rings. The van der Waals surface area contributed by atoms with Crippen LogP contribution in [0.2, 0.25) is 5.02 Å². The number of benzene rings is 1. The molecule has 0 radical (unpaired) electrons. The zero-order valence-corrected chi connectivity index (χ0v) is 13.4. The Morgan fingerprint density at radius 2 is 1.95 bits per heavy atom. The van der Waals surface area contributed by atoms with Crippen molar-refractivity contribution in [1.82, 2.24) is 10.3 Å². The van der Waals surface area contributed by atoms with Crippen molar-refractivity contribution in [3.8, 4) is 10.6 Å². The third kappa shape index (κ3) is 3.27. The van der Waals surface area contributed by atoms with E-state index in [-0.39, 0.29) is 5.91 Å². The molecule has 1 saturated carbocycles. The Morgan fingerprint density at radius 3 is 2.62 bits per heavy atom. The maximum atomic E-state index is 12.4. The molecule has 5 heteroatoms. The fourth-order valence-electron chi connectivity index (χ4n) is 2.64. The molecule has 0 spiro atoms. The van der Waals surface area contributed by atoms with Crippen molar-refractivity contribution in [2.75, 3.05) is 0 Å². The highest BCUT2D eigenvalue weighted by Crippen LogP contribution is 2.29. The monoisotopic (exact) mass is 320 g/mol. The Hall–Kier alpha value is -1.39. The van der Waals surface area contributed by atoms with Crippen molar-refractivity contribution >= 4 is 28.8 Å². The number of nitrogens with zero attached hydrogens (tertiary/aromatic N) is 1. The number of thiazole rings is 1. The van der Waals surface area contributed by atoms with Crippen molar-refractivity contribution in [3.63, 3.8) is 0 Å². The minimum Gasteiger partial charge on any atom is -0.349 e. The van der Waals surface area contributed by atoms with Crippen molar-refractivity contribution in [3.05, 3.63) is 39.9 Å². The molecule has 0 bridgehead atoms. The summed E-state index contributed by atoms with van der Waals surface area (Å²) in [6, 6.07) is 7.87. The Labute approximate surface area is 133 Å². The lowest BCUT2D eigenvalue weighted by Crippen LogP contribution is -2.32. The van der Waals surface area contributed by atoms with Gasteiger partial charge in [-0.2, -0.15) is 0 Å². The molecule has 1 amide bonds. The van der Waals surface area contributed by atoms with Crippen LogP contribution in [0.15, 0.2) is 24.3 Å². The maximum Gasteiger partial charge on any atom is 0.263 e. The topological polar surface area (TPSA) is 42.0 Å². The van der Waals surface area contributed by atoms with Crippen molar-refractivity contribution in [1.29, 1.82) is 0 Å². The first-order chi connectivity index (χ1) is 10.1. The van der Waals surface area contributed by atoms with Gasteiger partial charge in [0, 0.05) is 16.6 Å². The highest BCUT2D eigenvalue weighted by atomic mass is 35.5. The standard InChI is InChI=1S/C16H17ClN2OS/c1-10-14(15(20)19-13-4-2-3-5-13)21-16(18-10)11-6-8-12(17)9-7-11/h6-9,13H,2-5H2,1H3,(H,19,20). The molecule has 0 saturated heterocycles. The normalized spacial score (nSPS) is 15.3. The van der Waals surface area contributed by atoms with Crippen LogP contribution < -0.4 is 5.32 Å². The van der Waals surface area contributed by atoms with Crippen LogP contribution in [0.1, 0.15) is 41.0 Å². The average molecular weight is 321 g/mol. The SMILES string of the molecule is Cc1nc(-c2ccc(Cl)cc2)sc1C(=O)NC1CCCC1. The molecule has 3 rings (SSSR count). The predicted molar refractivity (Wildman–Crippen MR) is 87.0 cm³/mol. The summed E-state index contributed by atoms with van der Waals surface area (Å²) in [5, 5.41) is 4.68. The predicted octanol–water partition coefficient (Wildman–Crippen LogP) is 4.44. The van der Waals surface area contributed by atoms with E-state index in [0.29, 0.717) is 15.9 Å². The molecule has 0 unspecified atom stereocenters. The fraction of sp³-hybridized carbons (Fsp3) is 0.375. The molecule has 1 aliphatic rings. The first-order valence-electron chi connectivity index (χ1n) is 7.18. The van der Waals surface area contributed by atoms with Crippen LogP contribution in [0.4, 0.5) is 0 Å². The molecular weight excluding hydrogens is 304 g/mol. The lowest BCUT2D eigenvalue weighted by atomic mass is 10.2. The summed E-state index contributed by atoms with van der Waals surface area (Å²) in [5.41, 5.74) is 1.79. The van der Waals surface area contributed by atoms with Gasteiger partial charge in [-0.25, -0.2) is 4.98 Å². The van der Waals surface area contributed by atoms with E-state index < -0.39 is 0 Å². The molecule has 3 nitrogen and oxygen atoms in total. The number of nitrogens with one attached hydrogen (secondary N) is 1. The summed E-state index contributed by atoms with van der Waals surface area (Å²) in [7, 11) is 0. The van der Waals surface area contributed by atoms with Gasteiger partial charge >= 0.3 is 0 Å². The van der Waals surface area contributed by atoms with E-state index >= 15 is 0 Å². The van der Waals surface area contributed by atoms with Crippen LogP contribution in [0, 0.1) is 6.92 Å². The van der Waals surface area contributed by atoms with Gasteiger partial charge in [-0.1, -0.05) is 36.6 Å². The van der Waals surface area contributed by atoms with Gasteiger partial charge in [0.25, 0.3) is 5.91 Å². The highest BCUT2D eigenvalue weighted by Gasteiger charge is 2.21. The summed E-state index contributed by atoms with van der Waals surface area (Å²) in [5.74, 6) is 0.0112. The number of rotatable bonds is 3. The minimum absolute atomic E-state index is 0.0112. The Bertz CT molecular complexity index is 645. The van der Waals surface area contributed by atoms with Crippen LogP contribution in [-0.2, 0) is 0 Å². The van der Waals surface area contributed by atoms with Gasteiger partial charge < -0.3 is 5.32 Å². The van der Waals surface area contributed by atoms with Gasteiger partial charge in [-0.05, 0) is 31.9 Å². The summed E-state index contributed by atoms with van der Waals surface area (Å²) in [6.07, 6.45) is 4.60. The van der Waals surface area contributed by atoms with E-state index in [9.17, 15) is 4.79 Å². The molecule has 1 aromatic carbocycles. The molecule has 1 heterocycles. The number of hydrogen-bond acceptors (Lipinski definition) is 3. The number of carbonyl (C=O) groups is 1. The number of aromatic nitrogens is 1. The zero-order valence-electron chi connectivity index (χ0n) is 11.9. The number of amides is 1. The average Bonchev–Trinajstić information content (AvgIpc) is 3.09. The molecule has 0 atom stereocenters. The lowest BCUT2D eigenvalue weighted by molar-refractivity contribution is 0.0941.